The molecule has 22 heavy (non-hydrogen) atoms. The summed E-state index contributed by atoms with van der Waals surface area (Å²) in [5.74, 6) is 0.650. The molecule has 7 nitrogen and oxygen atoms in total. The zero-order valence-corrected chi connectivity index (χ0v) is 12.7. The molecule has 2 aromatic rings. The first-order valence-electron chi connectivity index (χ1n) is 6.11. The third kappa shape index (κ3) is 3.70. The van der Waals surface area contributed by atoms with Gasteiger partial charge in [0.15, 0.2) is 0 Å². The number of non-ortho nitro benzene ring substituents is 1. The van der Waals surface area contributed by atoms with Gasteiger partial charge in [0.25, 0.3) is 5.69 Å². The Morgan fingerprint density at radius 2 is 1.73 bits per heavy atom. The second kappa shape index (κ2) is 7.37. The largest absolute Gasteiger partial charge is 1.00 e. The summed E-state index contributed by atoms with van der Waals surface area (Å²) in [6, 6.07) is 8.82. The zero-order chi connectivity index (χ0) is 15.4. The summed E-state index contributed by atoms with van der Waals surface area (Å²) < 4.78 is 6.42. The van der Waals surface area contributed by atoms with Gasteiger partial charge < -0.3 is 17.1 Å². The Labute approximate surface area is 133 Å². The fourth-order valence-corrected chi connectivity index (χ4v) is 1.76. The van der Waals surface area contributed by atoms with Crippen molar-refractivity contribution in [2.24, 2.45) is 0 Å². The number of amides is 1. The summed E-state index contributed by atoms with van der Waals surface area (Å²) in [5.41, 5.74) is 0.547. The van der Waals surface area contributed by atoms with Crippen molar-refractivity contribution < 1.29 is 31.4 Å². The van der Waals surface area contributed by atoms with E-state index in [1.165, 1.54) is 33.7 Å². The first kappa shape index (κ1) is 17.4. The van der Waals surface area contributed by atoms with E-state index in [1.807, 2.05) is 0 Å². The second-order valence-electron chi connectivity index (χ2n) is 4.26. The van der Waals surface area contributed by atoms with E-state index in [-0.39, 0.29) is 24.1 Å². The number of nitro benzene ring substituents is 1. The molecule has 0 aliphatic heterocycles. The van der Waals surface area contributed by atoms with Gasteiger partial charge in [-0.1, -0.05) is 0 Å². The number of pyridine rings is 1. The maximum absolute atomic E-state index is 12.3. The van der Waals surface area contributed by atoms with Gasteiger partial charge in [0.1, 0.15) is 23.8 Å². The number of rotatable bonds is 3. The van der Waals surface area contributed by atoms with Crippen molar-refractivity contribution in [2.45, 2.75) is 0 Å². The average molecular weight is 324 g/mol. The number of carbonyl (C=O) groups is 1. The Bertz CT molecular complexity index is 659. The van der Waals surface area contributed by atoms with E-state index in [4.69, 9.17) is 4.74 Å². The van der Waals surface area contributed by atoms with Crippen molar-refractivity contribution in [1.82, 2.24) is 0 Å². The molecule has 1 aromatic carbocycles. The van der Waals surface area contributed by atoms with Crippen LogP contribution in [0.15, 0.2) is 48.8 Å². The summed E-state index contributed by atoms with van der Waals surface area (Å²) in [7, 11) is 3.14. The fourth-order valence-electron chi connectivity index (χ4n) is 1.76. The molecule has 0 spiro atoms. The van der Waals surface area contributed by atoms with Crippen LogP contribution in [0.3, 0.4) is 0 Å². The molecule has 0 aliphatic rings. The molecule has 0 radical (unpaired) electrons. The topological polar surface area (TPSA) is 76.6 Å². The van der Waals surface area contributed by atoms with Crippen molar-refractivity contribution in [2.75, 3.05) is 19.1 Å². The minimum atomic E-state index is -0.482. The molecule has 0 unspecified atom stereocenters. The average Bonchev–Trinajstić information content (AvgIpc) is 2.53. The van der Waals surface area contributed by atoms with Crippen LogP contribution in [0.2, 0.25) is 0 Å². The van der Waals surface area contributed by atoms with Gasteiger partial charge in [-0.05, 0) is 12.1 Å². The molecule has 1 amide bonds. The number of ether oxygens (including phenoxy) is 1. The number of benzene rings is 1. The summed E-state index contributed by atoms with van der Waals surface area (Å²) >= 11 is 0. The van der Waals surface area contributed by atoms with Gasteiger partial charge in [0, 0.05) is 24.3 Å². The summed E-state index contributed by atoms with van der Waals surface area (Å²) in [6.45, 7) is 0. The van der Waals surface area contributed by atoms with E-state index in [9.17, 15) is 14.9 Å². The van der Waals surface area contributed by atoms with Crippen molar-refractivity contribution in [1.29, 1.82) is 0 Å². The molecular weight excluding hydrogens is 310 g/mol. The molecule has 0 N–H and O–H groups in total. The molecule has 0 fully saturated rings. The first-order chi connectivity index (χ1) is 10.0. The van der Waals surface area contributed by atoms with Crippen LogP contribution in [-0.2, 0) is 0 Å². The number of nitrogens with zero attached hydrogens (tertiary/aromatic N) is 3. The SMILES string of the molecule is COc1cc[n+](C(=O)N(C)c2ccc([N+](=O)[O-])cc2)cc1.[Cl-]. The van der Waals surface area contributed by atoms with Gasteiger partial charge in [0.05, 0.1) is 19.1 Å². The third-order valence-electron chi connectivity index (χ3n) is 2.99. The molecule has 0 atom stereocenters. The molecule has 1 aromatic heterocycles. The van der Waals surface area contributed by atoms with Gasteiger partial charge in [-0.2, -0.15) is 14.3 Å². The van der Waals surface area contributed by atoms with Gasteiger partial charge >= 0.3 is 6.03 Å². The Morgan fingerprint density at radius 1 is 1.18 bits per heavy atom. The van der Waals surface area contributed by atoms with Gasteiger partial charge in [-0.3, -0.25) is 10.1 Å². The Morgan fingerprint density at radius 3 is 2.18 bits per heavy atom. The van der Waals surface area contributed by atoms with Crippen LogP contribution >= 0.6 is 0 Å². The lowest BCUT2D eigenvalue weighted by molar-refractivity contribution is -0.569. The van der Waals surface area contributed by atoms with Crippen molar-refractivity contribution in [3.05, 3.63) is 58.9 Å². The van der Waals surface area contributed by atoms with Crippen LogP contribution in [0.5, 0.6) is 5.75 Å². The van der Waals surface area contributed by atoms with Gasteiger partial charge in [-0.15, -0.1) is 0 Å². The normalized spacial score (nSPS) is 9.55. The second-order valence-corrected chi connectivity index (χ2v) is 4.26. The highest BCUT2D eigenvalue weighted by Crippen LogP contribution is 2.18. The monoisotopic (exact) mass is 323 g/mol. The predicted octanol–water partition coefficient (Wildman–Crippen LogP) is -1.00. The summed E-state index contributed by atoms with van der Waals surface area (Å²) in [5, 5.41) is 10.6. The van der Waals surface area contributed by atoms with E-state index < -0.39 is 4.92 Å². The predicted molar refractivity (Wildman–Crippen MR) is 75.5 cm³/mol. The molecule has 2 rings (SSSR count). The number of aromatic nitrogens is 1. The van der Waals surface area contributed by atoms with Crippen molar-refractivity contribution in [3.8, 4) is 5.75 Å². The van der Waals surface area contributed by atoms with E-state index in [0.717, 1.165) is 0 Å². The summed E-state index contributed by atoms with van der Waals surface area (Å²) in [6.07, 6.45) is 3.17. The van der Waals surface area contributed by atoms with Crippen LogP contribution in [0.25, 0.3) is 0 Å². The molecule has 0 bridgehead atoms. The fraction of sp³-hybridized carbons (Fsp3) is 0.143. The standard InChI is InChI=1S/C14H14N3O4.ClH/c1-15(11-3-5-12(6-4-11)17(19)20)14(18)16-9-7-13(21-2)8-10-16;/h3-10H,1-2H3;1H/q+1;/p-1. The van der Waals surface area contributed by atoms with Gasteiger partial charge in [0.2, 0.25) is 0 Å². The Hall–Kier alpha value is -2.67. The first-order valence-corrected chi connectivity index (χ1v) is 6.11. The van der Waals surface area contributed by atoms with E-state index in [0.29, 0.717) is 11.4 Å². The van der Waals surface area contributed by atoms with Crippen LogP contribution in [-0.4, -0.2) is 25.1 Å². The Balaban J connectivity index is 0.00000242. The lowest BCUT2D eigenvalue weighted by Crippen LogP contribution is -3.00. The molecule has 1 heterocycles. The highest BCUT2D eigenvalue weighted by atomic mass is 35.5. The van der Waals surface area contributed by atoms with Gasteiger partial charge in [-0.25, -0.2) is 0 Å². The molecule has 0 aliphatic carbocycles. The highest BCUT2D eigenvalue weighted by Gasteiger charge is 2.22. The van der Waals surface area contributed by atoms with Crippen LogP contribution in [0, 0.1) is 10.1 Å². The van der Waals surface area contributed by atoms with E-state index in [1.54, 1.807) is 38.7 Å². The lowest BCUT2D eigenvalue weighted by Gasteiger charge is -2.09. The smallest absolute Gasteiger partial charge is 0.502 e. The van der Waals surface area contributed by atoms with Crippen LogP contribution in [0.1, 0.15) is 0 Å². The van der Waals surface area contributed by atoms with Crippen LogP contribution in [0.4, 0.5) is 16.2 Å². The minimum absolute atomic E-state index is 0. The number of halogens is 1. The number of carbonyl (C=O) groups excluding carboxylic acids is 1. The molecule has 8 heteroatoms. The number of anilines is 1. The number of methoxy groups -OCH3 is 1. The Kier molecular flexibility index (Phi) is 5.82. The number of nitro groups is 1. The molecular formula is C14H14ClN3O4. The van der Waals surface area contributed by atoms with Crippen LogP contribution < -0.4 is 26.6 Å². The highest BCUT2D eigenvalue weighted by molar-refractivity contribution is 5.85. The molecule has 0 saturated heterocycles. The lowest BCUT2D eigenvalue weighted by atomic mass is 10.2. The quantitative estimate of drug-likeness (QED) is 0.412. The maximum atomic E-state index is 12.3. The number of hydrogen-bond acceptors (Lipinski definition) is 4. The third-order valence-corrected chi connectivity index (χ3v) is 2.99. The number of hydrogen-bond donors (Lipinski definition) is 0. The van der Waals surface area contributed by atoms with Crippen molar-refractivity contribution in [3.63, 3.8) is 0 Å². The maximum Gasteiger partial charge on any atom is 0.502 e. The molecule has 0 saturated carbocycles. The van der Waals surface area contributed by atoms with E-state index in [2.05, 4.69) is 0 Å². The summed E-state index contributed by atoms with van der Waals surface area (Å²) in [4.78, 5) is 23.8. The molecule has 116 valence electrons. The van der Waals surface area contributed by atoms with Crippen molar-refractivity contribution >= 4 is 17.4 Å². The minimum Gasteiger partial charge on any atom is -1.00 e. The zero-order valence-electron chi connectivity index (χ0n) is 12.0. The van der Waals surface area contributed by atoms with E-state index >= 15 is 0 Å².